The van der Waals surface area contributed by atoms with Gasteiger partial charge in [0.2, 0.25) is 5.91 Å². The highest BCUT2D eigenvalue weighted by molar-refractivity contribution is 8.01. The summed E-state index contributed by atoms with van der Waals surface area (Å²) < 4.78 is 1.68. The molecule has 6 heteroatoms. The largest absolute Gasteiger partial charge is 0.325 e. The lowest BCUT2D eigenvalue weighted by Gasteiger charge is -2.10. The highest BCUT2D eigenvalue weighted by Gasteiger charge is 2.27. The normalized spacial score (nSPS) is 16.1. The van der Waals surface area contributed by atoms with Crippen LogP contribution >= 0.6 is 11.8 Å². The Balaban J connectivity index is 1.44. The summed E-state index contributed by atoms with van der Waals surface area (Å²) in [5.74, 6) is 0.0414. The Morgan fingerprint density at radius 1 is 1.17 bits per heavy atom. The molecule has 1 atom stereocenters. The van der Waals surface area contributed by atoms with Crippen molar-refractivity contribution in [1.29, 1.82) is 0 Å². The predicted molar refractivity (Wildman–Crippen MR) is 89.8 cm³/mol. The van der Waals surface area contributed by atoms with Crippen LogP contribution in [0.15, 0.2) is 66.1 Å². The molecule has 1 aliphatic heterocycles. The number of amides is 1. The first kappa shape index (κ1) is 14.0. The maximum absolute atomic E-state index is 12.4. The van der Waals surface area contributed by atoms with Gasteiger partial charge in [-0.1, -0.05) is 18.2 Å². The Kier molecular flexibility index (Phi) is 3.59. The summed E-state index contributed by atoms with van der Waals surface area (Å²) in [7, 11) is 0. The molecule has 0 fully saturated rings. The summed E-state index contributed by atoms with van der Waals surface area (Å²) in [5, 5.41) is 7.00. The molecule has 23 heavy (non-hydrogen) atoms. The van der Waals surface area contributed by atoms with Crippen LogP contribution in [0.25, 0.3) is 5.69 Å². The standard InChI is InChI=1S/C17H14N4OS/c22-17(16-9-12-3-1-2-4-15(12)23-16)20-13-5-7-14(8-6-13)21-11-18-10-19-21/h1-8,10-11,16H,9H2,(H,20,22). The van der Waals surface area contributed by atoms with Gasteiger partial charge in [-0.05, 0) is 42.3 Å². The van der Waals surface area contributed by atoms with Crippen molar-refractivity contribution in [2.45, 2.75) is 16.6 Å². The predicted octanol–water partition coefficient (Wildman–Crippen LogP) is 2.92. The molecule has 0 spiro atoms. The van der Waals surface area contributed by atoms with Crippen molar-refractivity contribution in [1.82, 2.24) is 14.8 Å². The minimum absolute atomic E-state index is 0.0414. The van der Waals surface area contributed by atoms with Gasteiger partial charge in [-0.15, -0.1) is 11.8 Å². The summed E-state index contributed by atoms with van der Waals surface area (Å²) in [5.41, 5.74) is 2.94. The maximum Gasteiger partial charge on any atom is 0.238 e. The Hall–Kier alpha value is -2.60. The van der Waals surface area contributed by atoms with E-state index in [0.717, 1.165) is 17.8 Å². The molecule has 2 heterocycles. The minimum atomic E-state index is -0.0672. The Morgan fingerprint density at radius 2 is 2.00 bits per heavy atom. The molecular formula is C17H14N4OS. The highest BCUT2D eigenvalue weighted by Crippen LogP contribution is 2.37. The lowest BCUT2D eigenvalue weighted by molar-refractivity contribution is -0.115. The van der Waals surface area contributed by atoms with Crippen LogP contribution in [0.3, 0.4) is 0 Å². The van der Waals surface area contributed by atoms with Crippen molar-refractivity contribution in [3.8, 4) is 5.69 Å². The monoisotopic (exact) mass is 322 g/mol. The molecule has 0 bridgehead atoms. The molecule has 0 saturated heterocycles. The fourth-order valence-corrected chi connectivity index (χ4v) is 3.79. The van der Waals surface area contributed by atoms with Gasteiger partial charge in [0.05, 0.1) is 10.9 Å². The SMILES string of the molecule is O=C(Nc1ccc(-n2cncn2)cc1)C1Cc2ccccc2S1. The summed E-state index contributed by atoms with van der Waals surface area (Å²) in [6, 6.07) is 15.7. The molecule has 0 saturated carbocycles. The van der Waals surface area contributed by atoms with Crippen LogP contribution in [0.5, 0.6) is 0 Å². The number of fused-ring (bicyclic) bond motifs is 1. The molecule has 1 aliphatic rings. The summed E-state index contributed by atoms with van der Waals surface area (Å²) in [6.07, 6.45) is 3.91. The van der Waals surface area contributed by atoms with Crippen molar-refractivity contribution in [2.24, 2.45) is 0 Å². The summed E-state index contributed by atoms with van der Waals surface area (Å²) in [6.45, 7) is 0. The molecule has 2 aromatic carbocycles. The van der Waals surface area contributed by atoms with Crippen molar-refractivity contribution >= 4 is 23.4 Å². The van der Waals surface area contributed by atoms with Crippen LogP contribution in [0.4, 0.5) is 5.69 Å². The van der Waals surface area contributed by atoms with Crippen LogP contribution in [-0.4, -0.2) is 25.9 Å². The van der Waals surface area contributed by atoms with Gasteiger partial charge in [-0.2, -0.15) is 5.10 Å². The summed E-state index contributed by atoms with van der Waals surface area (Å²) in [4.78, 5) is 17.6. The molecule has 1 aromatic heterocycles. The zero-order valence-electron chi connectivity index (χ0n) is 12.2. The Bertz CT molecular complexity index is 805. The number of hydrogen-bond acceptors (Lipinski definition) is 4. The quantitative estimate of drug-likeness (QED) is 0.805. The van der Waals surface area contributed by atoms with Crippen LogP contribution in [0, 0.1) is 0 Å². The van der Waals surface area contributed by atoms with Crippen LogP contribution < -0.4 is 5.32 Å². The van der Waals surface area contributed by atoms with E-state index in [-0.39, 0.29) is 11.2 Å². The van der Waals surface area contributed by atoms with Crippen molar-refractivity contribution in [3.05, 3.63) is 66.7 Å². The fraction of sp³-hybridized carbons (Fsp3) is 0.118. The molecule has 1 N–H and O–H groups in total. The fourth-order valence-electron chi connectivity index (χ4n) is 2.59. The van der Waals surface area contributed by atoms with Gasteiger partial charge in [0.25, 0.3) is 0 Å². The van der Waals surface area contributed by atoms with E-state index >= 15 is 0 Å². The van der Waals surface area contributed by atoms with Crippen LogP contribution in [0.2, 0.25) is 0 Å². The number of nitrogens with zero attached hydrogens (tertiary/aromatic N) is 3. The van der Waals surface area contributed by atoms with Gasteiger partial charge >= 0.3 is 0 Å². The second-order valence-electron chi connectivity index (χ2n) is 5.29. The van der Waals surface area contributed by atoms with E-state index in [4.69, 9.17) is 0 Å². The molecule has 4 rings (SSSR count). The lowest BCUT2D eigenvalue weighted by Crippen LogP contribution is -2.24. The molecule has 1 unspecified atom stereocenters. The third-order valence-electron chi connectivity index (χ3n) is 3.76. The van der Waals surface area contributed by atoms with Gasteiger partial charge in [0.15, 0.2) is 0 Å². The number of anilines is 1. The number of nitrogens with one attached hydrogen (secondary N) is 1. The third-order valence-corrected chi connectivity index (χ3v) is 5.08. The van der Waals surface area contributed by atoms with Gasteiger partial charge < -0.3 is 5.32 Å². The zero-order valence-corrected chi connectivity index (χ0v) is 13.0. The highest BCUT2D eigenvalue weighted by atomic mass is 32.2. The third kappa shape index (κ3) is 2.85. The van der Waals surface area contributed by atoms with Gasteiger partial charge in [0.1, 0.15) is 12.7 Å². The average molecular weight is 322 g/mol. The van der Waals surface area contributed by atoms with Gasteiger partial charge in [-0.25, -0.2) is 9.67 Å². The lowest BCUT2D eigenvalue weighted by atomic mass is 10.1. The number of benzene rings is 2. The Labute approximate surface area is 137 Å². The molecule has 0 aliphatic carbocycles. The van der Waals surface area contributed by atoms with E-state index in [2.05, 4.69) is 27.5 Å². The molecule has 114 valence electrons. The van der Waals surface area contributed by atoms with Crippen molar-refractivity contribution in [2.75, 3.05) is 5.32 Å². The molecule has 3 aromatic rings. The molecular weight excluding hydrogens is 308 g/mol. The number of carbonyl (C=O) groups excluding carboxylic acids is 1. The zero-order chi connectivity index (χ0) is 15.6. The molecule has 5 nitrogen and oxygen atoms in total. The maximum atomic E-state index is 12.4. The molecule has 0 radical (unpaired) electrons. The van der Waals surface area contributed by atoms with Crippen LogP contribution in [-0.2, 0) is 11.2 Å². The average Bonchev–Trinajstić information content (AvgIpc) is 3.25. The number of rotatable bonds is 3. The number of aromatic nitrogens is 3. The van der Waals surface area contributed by atoms with E-state index in [1.54, 1.807) is 22.8 Å². The van der Waals surface area contributed by atoms with Crippen molar-refractivity contribution in [3.63, 3.8) is 0 Å². The summed E-state index contributed by atoms with van der Waals surface area (Å²) >= 11 is 1.63. The topological polar surface area (TPSA) is 59.8 Å². The number of carbonyl (C=O) groups is 1. The minimum Gasteiger partial charge on any atom is -0.325 e. The first-order chi connectivity index (χ1) is 11.3. The van der Waals surface area contributed by atoms with Crippen LogP contribution in [0.1, 0.15) is 5.56 Å². The van der Waals surface area contributed by atoms with E-state index in [1.807, 2.05) is 36.4 Å². The van der Waals surface area contributed by atoms with Gasteiger partial charge in [-0.3, -0.25) is 4.79 Å². The number of thioether (sulfide) groups is 1. The number of hydrogen-bond donors (Lipinski definition) is 1. The van der Waals surface area contributed by atoms with Gasteiger partial charge in [0, 0.05) is 10.6 Å². The Morgan fingerprint density at radius 3 is 2.74 bits per heavy atom. The van der Waals surface area contributed by atoms with E-state index in [9.17, 15) is 4.79 Å². The first-order valence-corrected chi connectivity index (χ1v) is 8.18. The first-order valence-electron chi connectivity index (χ1n) is 7.30. The molecule has 1 amide bonds. The van der Waals surface area contributed by atoms with E-state index < -0.39 is 0 Å². The van der Waals surface area contributed by atoms with E-state index in [1.165, 1.54) is 16.8 Å². The van der Waals surface area contributed by atoms with E-state index in [0.29, 0.717) is 0 Å². The second-order valence-corrected chi connectivity index (χ2v) is 6.54. The van der Waals surface area contributed by atoms with Crippen molar-refractivity contribution < 1.29 is 4.79 Å². The second kappa shape index (κ2) is 5.89. The smallest absolute Gasteiger partial charge is 0.238 e.